The summed E-state index contributed by atoms with van der Waals surface area (Å²) in [6.45, 7) is 3.44. The highest BCUT2D eigenvalue weighted by molar-refractivity contribution is 5.91. The van der Waals surface area contributed by atoms with Gasteiger partial charge in [0, 0.05) is 13.0 Å². The SMILES string of the molecule is CCCCOC(=O)[C@H]1CC(=O)CN1Cc1ccccc1. The molecule has 4 heteroatoms. The number of ketones is 1. The van der Waals surface area contributed by atoms with Crippen LogP contribution in [0.3, 0.4) is 0 Å². The summed E-state index contributed by atoms with van der Waals surface area (Å²) in [6.07, 6.45) is 2.13. The Bertz CT molecular complexity index is 458. The van der Waals surface area contributed by atoms with Gasteiger partial charge in [0.25, 0.3) is 0 Å². The third kappa shape index (κ3) is 3.90. The highest BCUT2D eigenvalue weighted by Crippen LogP contribution is 2.19. The number of carbonyl (C=O) groups is 2. The van der Waals surface area contributed by atoms with Gasteiger partial charge in [-0.3, -0.25) is 14.5 Å². The first kappa shape index (κ1) is 14.7. The van der Waals surface area contributed by atoms with Crippen molar-refractivity contribution in [3.8, 4) is 0 Å². The van der Waals surface area contributed by atoms with Crippen molar-refractivity contribution in [1.29, 1.82) is 0 Å². The van der Waals surface area contributed by atoms with Crippen LogP contribution in [0.4, 0.5) is 0 Å². The number of hydrogen-bond donors (Lipinski definition) is 0. The van der Waals surface area contributed by atoms with E-state index in [-0.39, 0.29) is 18.2 Å². The predicted molar refractivity (Wildman–Crippen MR) is 76.1 cm³/mol. The van der Waals surface area contributed by atoms with Crippen molar-refractivity contribution in [2.75, 3.05) is 13.2 Å². The molecule has 0 N–H and O–H groups in total. The second-order valence-electron chi connectivity index (χ2n) is 5.17. The number of hydrogen-bond acceptors (Lipinski definition) is 4. The van der Waals surface area contributed by atoms with Crippen LogP contribution >= 0.6 is 0 Å². The summed E-state index contributed by atoms with van der Waals surface area (Å²) in [5.74, 6) is -0.154. The summed E-state index contributed by atoms with van der Waals surface area (Å²) in [5.41, 5.74) is 1.11. The van der Waals surface area contributed by atoms with E-state index in [4.69, 9.17) is 4.74 Å². The minimum absolute atomic E-state index is 0.110. The maximum atomic E-state index is 12.1. The van der Waals surface area contributed by atoms with E-state index in [2.05, 4.69) is 6.92 Å². The van der Waals surface area contributed by atoms with E-state index in [1.807, 2.05) is 35.2 Å². The van der Waals surface area contributed by atoms with E-state index in [0.29, 0.717) is 19.7 Å². The minimum atomic E-state index is -0.417. The number of unbranched alkanes of at least 4 members (excludes halogenated alkanes) is 1. The van der Waals surface area contributed by atoms with Crippen molar-refractivity contribution in [2.45, 2.75) is 38.8 Å². The second kappa shape index (κ2) is 7.20. The Morgan fingerprint density at radius 3 is 2.80 bits per heavy atom. The first-order valence-electron chi connectivity index (χ1n) is 7.17. The number of esters is 1. The molecule has 1 aromatic rings. The molecule has 1 heterocycles. The van der Waals surface area contributed by atoms with E-state index < -0.39 is 6.04 Å². The molecule has 1 atom stereocenters. The molecule has 0 aliphatic carbocycles. The average Bonchev–Trinajstić information content (AvgIpc) is 2.81. The number of ether oxygens (including phenoxy) is 1. The summed E-state index contributed by atoms with van der Waals surface area (Å²) in [6, 6.07) is 9.46. The van der Waals surface area contributed by atoms with E-state index in [0.717, 1.165) is 18.4 Å². The Kier molecular flexibility index (Phi) is 5.30. The van der Waals surface area contributed by atoms with Crippen molar-refractivity contribution >= 4 is 11.8 Å². The number of Topliss-reactive ketones (excluding diaryl/α,β-unsaturated/α-hetero) is 1. The lowest BCUT2D eigenvalue weighted by Crippen LogP contribution is -2.37. The van der Waals surface area contributed by atoms with Gasteiger partial charge < -0.3 is 4.74 Å². The molecule has 1 saturated heterocycles. The molecule has 0 spiro atoms. The van der Waals surface area contributed by atoms with Gasteiger partial charge in [0.15, 0.2) is 0 Å². The Morgan fingerprint density at radius 1 is 1.35 bits per heavy atom. The van der Waals surface area contributed by atoms with Crippen LogP contribution in [0.1, 0.15) is 31.7 Å². The molecule has 4 nitrogen and oxygen atoms in total. The zero-order chi connectivity index (χ0) is 14.4. The highest BCUT2D eigenvalue weighted by Gasteiger charge is 2.36. The second-order valence-corrected chi connectivity index (χ2v) is 5.17. The third-order valence-electron chi connectivity index (χ3n) is 3.48. The van der Waals surface area contributed by atoms with E-state index >= 15 is 0 Å². The molecule has 0 aromatic heterocycles. The largest absolute Gasteiger partial charge is 0.465 e. The summed E-state index contributed by atoms with van der Waals surface area (Å²) in [7, 11) is 0. The summed E-state index contributed by atoms with van der Waals surface area (Å²) in [5, 5.41) is 0. The molecular formula is C16H21NO3. The van der Waals surface area contributed by atoms with Gasteiger partial charge in [-0.05, 0) is 12.0 Å². The molecule has 1 aliphatic heterocycles. The number of benzene rings is 1. The number of rotatable bonds is 6. The zero-order valence-corrected chi connectivity index (χ0v) is 11.9. The van der Waals surface area contributed by atoms with Crippen LogP contribution in [0.15, 0.2) is 30.3 Å². The molecule has 108 valence electrons. The van der Waals surface area contributed by atoms with E-state index in [9.17, 15) is 9.59 Å². The van der Waals surface area contributed by atoms with Crippen LogP contribution in [0.25, 0.3) is 0 Å². The van der Waals surface area contributed by atoms with E-state index in [1.165, 1.54) is 0 Å². The van der Waals surface area contributed by atoms with Crippen LogP contribution in [-0.2, 0) is 20.9 Å². The van der Waals surface area contributed by atoms with Crippen LogP contribution in [0.5, 0.6) is 0 Å². The predicted octanol–water partition coefficient (Wildman–Crippen LogP) is 2.17. The molecule has 0 amide bonds. The quantitative estimate of drug-likeness (QED) is 0.589. The highest BCUT2D eigenvalue weighted by atomic mass is 16.5. The Morgan fingerprint density at radius 2 is 2.10 bits per heavy atom. The van der Waals surface area contributed by atoms with Crippen molar-refractivity contribution in [3.63, 3.8) is 0 Å². The van der Waals surface area contributed by atoms with Gasteiger partial charge in [-0.2, -0.15) is 0 Å². The van der Waals surface area contributed by atoms with Gasteiger partial charge >= 0.3 is 5.97 Å². The van der Waals surface area contributed by atoms with Gasteiger partial charge in [-0.25, -0.2) is 0 Å². The van der Waals surface area contributed by atoms with Gasteiger partial charge in [-0.15, -0.1) is 0 Å². The lowest BCUT2D eigenvalue weighted by atomic mass is 10.2. The fraction of sp³-hybridized carbons (Fsp3) is 0.500. The number of nitrogens with zero attached hydrogens (tertiary/aromatic N) is 1. The van der Waals surface area contributed by atoms with Crippen molar-refractivity contribution in [2.24, 2.45) is 0 Å². The Hall–Kier alpha value is -1.68. The first-order chi connectivity index (χ1) is 9.70. The monoisotopic (exact) mass is 275 g/mol. The molecule has 0 saturated carbocycles. The third-order valence-corrected chi connectivity index (χ3v) is 3.48. The molecule has 1 aliphatic rings. The Labute approximate surface area is 119 Å². The number of carbonyl (C=O) groups excluding carboxylic acids is 2. The van der Waals surface area contributed by atoms with Crippen LogP contribution in [0.2, 0.25) is 0 Å². The fourth-order valence-electron chi connectivity index (χ4n) is 2.38. The molecule has 0 unspecified atom stereocenters. The first-order valence-corrected chi connectivity index (χ1v) is 7.17. The standard InChI is InChI=1S/C16H21NO3/c1-2-3-9-20-16(19)15-10-14(18)12-17(15)11-13-7-5-4-6-8-13/h4-8,15H,2-3,9-12H2,1H3/t15-/m1/s1. The van der Waals surface area contributed by atoms with Gasteiger partial charge in [0.05, 0.1) is 13.2 Å². The molecule has 20 heavy (non-hydrogen) atoms. The molecule has 0 radical (unpaired) electrons. The van der Waals surface area contributed by atoms with Crippen LogP contribution in [-0.4, -0.2) is 35.8 Å². The topological polar surface area (TPSA) is 46.6 Å². The van der Waals surface area contributed by atoms with Gasteiger partial charge in [-0.1, -0.05) is 43.7 Å². The van der Waals surface area contributed by atoms with Crippen LogP contribution < -0.4 is 0 Å². The lowest BCUT2D eigenvalue weighted by Gasteiger charge is -2.22. The zero-order valence-electron chi connectivity index (χ0n) is 11.9. The maximum Gasteiger partial charge on any atom is 0.323 e. The molecule has 2 rings (SSSR count). The van der Waals surface area contributed by atoms with Crippen molar-refractivity contribution < 1.29 is 14.3 Å². The van der Waals surface area contributed by atoms with Gasteiger partial charge in [0.2, 0.25) is 0 Å². The lowest BCUT2D eigenvalue weighted by molar-refractivity contribution is -0.149. The average molecular weight is 275 g/mol. The smallest absolute Gasteiger partial charge is 0.323 e. The number of likely N-dealkylation sites (tertiary alicyclic amines) is 1. The summed E-state index contributed by atoms with van der Waals surface area (Å²) >= 11 is 0. The van der Waals surface area contributed by atoms with Gasteiger partial charge in [0.1, 0.15) is 11.8 Å². The summed E-state index contributed by atoms with van der Waals surface area (Å²) < 4.78 is 5.25. The normalized spacial score (nSPS) is 19.2. The fourth-order valence-corrected chi connectivity index (χ4v) is 2.38. The van der Waals surface area contributed by atoms with Crippen molar-refractivity contribution in [1.82, 2.24) is 4.90 Å². The molecule has 0 bridgehead atoms. The minimum Gasteiger partial charge on any atom is -0.465 e. The Balaban J connectivity index is 1.96. The molecule has 1 aromatic carbocycles. The summed E-state index contributed by atoms with van der Waals surface area (Å²) in [4.78, 5) is 25.6. The maximum absolute atomic E-state index is 12.1. The molecular weight excluding hydrogens is 254 g/mol. The van der Waals surface area contributed by atoms with E-state index in [1.54, 1.807) is 0 Å². The molecule has 1 fully saturated rings. The van der Waals surface area contributed by atoms with Crippen LogP contribution in [0, 0.1) is 0 Å². The van der Waals surface area contributed by atoms with Crippen molar-refractivity contribution in [3.05, 3.63) is 35.9 Å².